The van der Waals surface area contributed by atoms with Gasteiger partial charge in [-0.2, -0.15) is 0 Å². The number of likely N-dealkylation sites (tertiary alicyclic amines) is 1. The van der Waals surface area contributed by atoms with E-state index in [1.165, 1.54) is 21.6 Å². The van der Waals surface area contributed by atoms with E-state index >= 15 is 0 Å². The Morgan fingerprint density at radius 3 is 2.70 bits per heavy atom. The molecule has 6 nitrogen and oxygen atoms in total. The number of halogens is 2. The van der Waals surface area contributed by atoms with E-state index in [0.717, 1.165) is 23.9 Å². The van der Waals surface area contributed by atoms with Crippen molar-refractivity contribution in [3.05, 3.63) is 82.3 Å². The summed E-state index contributed by atoms with van der Waals surface area (Å²) in [5, 5.41) is 0.807. The lowest BCUT2D eigenvalue weighted by Gasteiger charge is -2.34. The molecule has 0 atom stereocenters. The third-order valence-electron chi connectivity index (χ3n) is 6.34. The van der Waals surface area contributed by atoms with Gasteiger partial charge >= 0.3 is 0 Å². The molecule has 1 N–H and O–H groups in total. The predicted octanol–water partition coefficient (Wildman–Crippen LogP) is 4.44. The summed E-state index contributed by atoms with van der Waals surface area (Å²) < 4.78 is 28.9. The van der Waals surface area contributed by atoms with Crippen LogP contribution in [0.25, 0.3) is 27.8 Å². The third kappa shape index (κ3) is 3.42. The van der Waals surface area contributed by atoms with Gasteiger partial charge in [0.2, 0.25) is 0 Å². The van der Waals surface area contributed by atoms with E-state index < -0.39 is 17.9 Å². The number of hydrogen-bond acceptors (Lipinski definition) is 3. The van der Waals surface area contributed by atoms with E-state index in [2.05, 4.69) is 4.98 Å². The quantitative estimate of drug-likeness (QED) is 0.502. The van der Waals surface area contributed by atoms with Crippen molar-refractivity contribution in [3.63, 3.8) is 0 Å². The Hall–Kier alpha value is -3.81. The Labute approximate surface area is 189 Å². The predicted molar refractivity (Wildman–Crippen MR) is 122 cm³/mol. The zero-order valence-electron chi connectivity index (χ0n) is 17.6. The van der Waals surface area contributed by atoms with Gasteiger partial charge < -0.3 is 9.88 Å². The second kappa shape index (κ2) is 7.37. The van der Waals surface area contributed by atoms with Crippen LogP contribution in [0.3, 0.4) is 0 Å². The molecule has 6 rings (SSSR count). The Morgan fingerprint density at radius 2 is 1.94 bits per heavy atom. The molecule has 0 radical (unpaired) electrons. The number of nitrogens with one attached hydrogen (secondary N) is 1. The van der Waals surface area contributed by atoms with Crippen LogP contribution in [0.15, 0.2) is 59.7 Å². The summed E-state index contributed by atoms with van der Waals surface area (Å²) in [7, 11) is 0. The molecule has 0 unspecified atom stereocenters. The third-order valence-corrected chi connectivity index (χ3v) is 6.34. The summed E-state index contributed by atoms with van der Waals surface area (Å²) in [6.45, 7) is 0.0184. The molecule has 2 aliphatic rings. The van der Waals surface area contributed by atoms with Crippen molar-refractivity contribution in [2.24, 2.45) is 0 Å². The fourth-order valence-electron chi connectivity index (χ4n) is 4.34. The van der Waals surface area contributed by atoms with Gasteiger partial charge in [-0.15, -0.1) is 0 Å². The molecule has 3 aromatic heterocycles. The van der Waals surface area contributed by atoms with Crippen molar-refractivity contribution >= 4 is 16.8 Å². The molecule has 8 heteroatoms. The molecule has 1 aromatic carbocycles. The van der Waals surface area contributed by atoms with Crippen LogP contribution in [0.5, 0.6) is 0 Å². The molecule has 4 heterocycles. The van der Waals surface area contributed by atoms with Crippen LogP contribution in [0.2, 0.25) is 0 Å². The molecule has 1 aliphatic carbocycles. The van der Waals surface area contributed by atoms with Gasteiger partial charge in [-0.3, -0.25) is 14.2 Å². The van der Waals surface area contributed by atoms with Gasteiger partial charge in [-0.05, 0) is 60.4 Å². The van der Waals surface area contributed by atoms with Gasteiger partial charge in [0.25, 0.3) is 11.5 Å². The molecular weight excluding hydrogens is 426 g/mol. The zero-order valence-corrected chi connectivity index (χ0v) is 17.6. The highest BCUT2D eigenvalue weighted by Gasteiger charge is 2.33. The van der Waals surface area contributed by atoms with Crippen molar-refractivity contribution in [2.45, 2.75) is 24.9 Å². The topological polar surface area (TPSA) is 71.0 Å². The van der Waals surface area contributed by atoms with Crippen molar-refractivity contribution in [3.8, 4) is 16.9 Å². The largest absolute Gasteiger partial charge is 0.357 e. The summed E-state index contributed by atoms with van der Waals surface area (Å²) in [6.07, 6.45) is 4.35. The van der Waals surface area contributed by atoms with E-state index in [-0.39, 0.29) is 31.6 Å². The first kappa shape index (κ1) is 19.8. The number of fused-ring (bicyclic) bond motifs is 1. The first-order valence-electron chi connectivity index (χ1n) is 10.9. The molecule has 33 heavy (non-hydrogen) atoms. The van der Waals surface area contributed by atoms with E-state index in [1.807, 2.05) is 18.2 Å². The number of hydrogen-bond donors (Lipinski definition) is 1. The van der Waals surface area contributed by atoms with Crippen LogP contribution in [0, 0.1) is 5.82 Å². The van der Waals surface area contributed by atoms with E-state index in [9.17, 15) is 18.4 Å². The van der Waals surface area contributed by atoms with Crippen LogP contribution in [0.1, 0.15) is 36.2 Å². The maximum atomic E-state index is 14.1. The fourth-order valence-corrected chi connectivity index (χ4v) is 4.34. The summed E-state index contributed by atoms with van der Waals surface area (Å²) in [4.78, 5) is 35.1. The van der Waals surface area contributed by atoms with Gasteiger partial charge in [-0.25, -0.2) is 13.8 Å². The number of pyridine rings is 2. The smallest absolute Gasteiger partial charge is 0.280 e. The fraction of sp³-hybridized carbons (Fsp3) is 0.240. The van der Waals surface area contributed by atoms with Crippen LogP contribution in [-0.4, -0.2) is 44.6 Å². The minimum Gasteiger partial charge on any atom is -0.357 e. The number of aromatic amines is 1. The van der Waals surface area contributed by atoms with E-state index in [1.54, 1.807) is 24.5 Å². The van der Waals surface area contributed by atoms with E-state index in [4.69, 9.17) is 4.98 Å². The van der Waals surface area contributed by atoms with Crippen molar-refractivity contribution in [2.75, 3.05) is 13.1 Å². The SMILES string of the molecule is O=C(c1cc(F)ccc1-c1cc(C2CC2)nc(-n2ccc3cc[nH]c3c2=O)c1)N1CC(F)C1.[HH]. The molecule has 1 saturated carbocycles. The lowest BCUT2D eigenvalue weighted by Crippen LogP contribution is -2.51. The van der Waals surface area contributed by atoms with Crippen LogP contribution < -0.4 is 5.56 Å². The lowest BCUT2D eigenvalue weighted by molar-refractivity contribution is 0.0400. The molecular formula is C25H22F2N4O2. The minimum absolute atomic E-state index is 0. The highest BCUT2D eigenvalue weighted by Crippen LogP contribution is 2.41. The van der Waals surface area contributed by atoms with Gasteiger partial charge in [0, 0.05) is 30.8 Å². The van der Waals surface area contributed by atoms with Crippen molar-refractivity contribution < 1.29 is 15.0 Å². The normalized spacial score (nSPS) is 16.2. The maximum Gasteiger partial charge on any atom is 0.280 e. The standard InChI is InChI=1S/C25H20F2N4O2.H2/c26-17-3-4-19(20(11-17)24(32)30-12-18(27)13-30)16-9-21(14-1-2-14)29-22(10-16)31-8-6-15-5-7-28-23(15)25(31)33;/h3-11,14,18,28H,1-2,12-13H2;1H. The number of nitrogens with zero attached hydrogens (tertiary/aromatic N) is 3. The molecule has 1 aliphatic heterocycles. The lowest BCUT2D eigenvalue weighted by atomic mass is 9.97. The Kier molecular flexibility index (Phi) is 4.43. The minimum atomic E-state index is -1.05. The number of benzene rings is 1. The summed E-state index contributed by atoms with van der Waals surface area (Å²) in [6, 6.07) is 11.3. The van der Waals surface area contributed by atoms with Crippen LogP contribution in [0.4, 0.5) is 8.78 Å². The van der Waals surface area contributed by atoms with Gasteiger partial charge in [0.1, 0.15) is 23.3 Å². The summed E-state index contributed by atoms with van der Waals surface area (Å²) >= 11 is 0. The number of H-pyrrole nitrogens is 1. The first-order chi connectivity index (χ1) is 16.0. The number of aromatic nitrogens is 3. The Balaban J connectivity index is 0.00000241. The van der Waals surface area contributed by atoms with Gasteiger partial charge in [0.15, 0.2) is 0 Å². The average molecular weight is 448 g/mol. The second-order valence-electron chi connectivity index (χ2n) is 8.71. The molecule has 2 fully saturated rings. The number of amides is 1. The van der Waals surface area contributed by atoms with Gasteiger partial charge in [-0.1, -0.05) is 6.07 Å². The molecule has 0 spiro atoms. The van der Waals surface area contributed by atoms with Crippen LogP contribution in [-0.2, 0) is 0 Å². The Morgan fingerprint density at radius 1 is 1.12 bits per heavy atom. The molecule has 1 saturated heterocycles. The molecule has 1 amide bonds. The van der Waals surface area contributed by atoms with Crippen LogP contribution >= 0.6 is 0 Å². The summed E-state index contributed by atoms with van der Waals surface area (Å²) in [5.74, 6) is -0.221. The van der Waals surface area contributed by atoms with E-state index in [0.29, 0.717) is 22.5 Å². The summed E-state index contributed by atoms with van der Waals surface area (Å²) in [5.41, 5.74) is 2.46. The van der Waals surface area contributed by atoms with Crippen molar-refractivity contribution in [1.29, 1.82) is 0 Å². The molecule has 4 aromatic rings. The zero-order chi connectivity index (χ0) is 22.7. The average Bonchev–Trinajstić information content (AvgIpc) is 3.53. The first-order valence-corrected chi connectivity index (χ1v) is 10.9. The second-order valence-corrected chi connectivity index (χ2v) is 8.71. The number of carbonyl (C=O) groups is 1. The molecule has 168 valence electrons. The monoisotopic (exact) mass is 448 g/mol. The number of alkyl halides is 1. The Bertz CT molecular complexity index is 1470. The van der Waals surface area contributed by atoms with Gasteiger partial charge in [0.05, 0.1) is 18.7 Å². The maximum absolute atomic E-state index is 14.1. The number of carbonyl (C=O) groups excluding carboxylic acids is 1. The van der Waals surface area contributed by atoms with Crippen molar-refractivity contribution in [1.82, 2.24) is 19.4 Å². The molecule has 0 bridgehead atoms. The highest BCUT2D eigenvalue weighted by atomic mass is 19.1. The highest BCUT2D eigenvalue weighted by molar-refractivity contribution is 6.01. The number of rotatable bonds is 4.